The average molecular weight is 344 g/mol. The number of nitrogens with zero attached hydrogens (tertiary/aromatic N) is 2. The predicted molar refractivity (Wildman–Crippen MR) is 98.0 cm³/mol. The van der Waals surface area contributed by atoms with E-state index in [9.17, 15) is 4.79 Å². The molecule has 2 amide bonds. The Bertz CT molecular complexity index is 446. The summed E-state index contributed by atoms with van der Waals surface area (Å²) in [5, 5.41) is 3.47. The van der Waals surface area contributed by atoms with E-state index in [1.165, 1.54) is 5.69 Å². The molecule has 1 fully saturated rings. The highest BCUT2D eigenvalue weighted by Crippen LogP contribution is 2.28. The van der Waals surface area contributed by atoms with Crippen LogP contribution >= 0.6 is 24.4 Å². The Hall–Kier alpha value is -1.07. The van der Waals surface area contributed by atoms with Gasteiger partial charge in [-0.1, -0.05) is 31.5 Å². The third-order valence-electron chi connectivity index (χ3n) is 3.67. The minimum Gasteiger partial charge on any atom is -0.338 e. The number of amides is 2. The van der Waals surface area contributed by atoms with Crippen LogP contribution in [0.2, 0.25) is 0 Å². The van der Waals surface area contributed by atoms with Crippen molar-refractivity contribution >= 4 is 36.1 Å². The van der Waals surface area contributed by atoms with Gasteiger partial charge < -0.3 is 14.5 Å². The molecule has 1 aromatic carbocycles. The second kappa shape index (κ2) is 9.85. The lowest BCUT2D eigenvalue weighted by molar-refractivity contribution is 0.209. The van der Waals surface area contributed by atoms with Gasteiger partial charge in [0.25, 0.3) is 0 Å². The maximum absolute atomic E-state index is 12.0. The van der Waals surface area contributed by atoms with Gasteiger partial charge in [0.15, 0.2) is 0 Å². The lowest BCUT2D eigenvalue weighted by atomic mass is 10.3. The fourth-order valence-electron chi connectivity index (χ4n) is 2.40. The number of hydrogen-bond donors (Lipinski definition) is 1. The number of carbonyl (C=O) groups excluding carboxylic acids is 1. The van der Waals surface area contributed by atoms with Crippen molar-refractivity contribution < 1.29 is 4.79 Å². The Morgan fingerprint density at radius 3 is 2.82 bits per heavy atom. The number of carbonyl (C=O) groups is 1. The molecule has 2 rings (SSSR count). The fourth-order valence-corrected chi connectivity index (χ4v) is 3.55. The molecule has 1 unspecified atom stereocenters. The van der Waals surface area contributed by atoms with Crippen LogP contribution in [-0.4, -0.2) is 42.9 Å². The van der Waals surface area contributed by atoms with Gasteiger partial charge in [-0.2, -0.15) is 0 Å². The number of anilines is 1. The molecule has 1 heterocycles. The molecule has 0 spiro atoms. The average Bonchev–Trinajstić information content (AvgIpc) is 2.97. The van der Waals surface area contributed by atoms with Gasteiger partial charge >= 0.3 is 6.03 Å². The Morgan fingerprint density at radius 2 is 2.14 bits per heavy atom. The first-order chi connectivity index (χ1) is 10.2. The molecular weight excluding hydrogens is 318 g/mol. The zero-order valence-electron chi connectivity index (χ0n) is 13.3. The number of urea groups is 1. The van der Waals surface area contributed by atoms with Crippen molar-refractivity contribution in [1.82, 2.24) is 10.2 Å². The highest BCUT2D eigenvalue weighted by Gasteiger charge is 2.27. The lowest BCUT2D eigenvalue weighted by Crippen LogP contribution is -2.39. The largest absolute Gasteiger partial charge is 0.338 e. The standard InChI is InChI=1S/C16H25N3OS.ClH/c1-3-4-11-17-16(20)19-12-10-15(13-19)21-18(2)14-8-6-5-7-9-14;/h5-9,15H,3-4,10-13H2,1-2H3,(H,17,20);1H. The summed E-state index contributed by atoms with van der Waals surface area (Å²) in [6.45, 7) is 4.61. The normalized spacial score (nSPS) is 17.0. The molecule has 6 heteroatoms. The third kappa shape index (κ3) is 5.61. The molecule has 0 radical (unpaired) electrons. The van der Waals surface area contributed by atoms with Crippen molar-refractivity contribution in [3.8, 4) is 0 Å². The van der Waals surface area contributed by atoms with Crippen LogP contribution in [-0.2, 0) is 0 Å². The van der Waals surface area contributed by atoms with Crippen molar-refractivity contribution in [2.45, 2.75) is 31.4 Å². The maximum atomic E-state index is 12.0. The first kappa shape index (κ1) is 19.0. The molecule has 124 valence electrons. The summed E-state index contributed by atoms with van der Waals surface area (Å²) in [6.07, 6.45) is 3.22. The molecule has 22 heavy (non-hydrogen) atoms. The summed E-state index contributed by atoms with van der Waals surface area (Å²) in [6, 6.07) is 10.4. The van der Waals surface area contributed by atoms with Crippen molar-refractivity contribution in [1.29, 1.82) is 0 Å². The van der Waals surface area contributed by atoms with E-state index in [1.807, 2.05) is 22.9 Å². The Kier molecular flexibility index (Phi) is 8.49. The van der Waals surface area contributed by atoms with Crippen molar-refractivity contribution in [2.24, 2.45) is 0 Å². The van der Waals surface area contributed by atoms with E-state index in [4.69, 9.17) is 0 Å². The topological polar surface area (TPSA) is 35.6 Å². The van der Waals surface area contributed by atoms with Crippen LogP contribution in [0.5, 0.6) is 0 Å². The summed E-state index contributed by atoms with van der Waals surface area (Å²) < 4.78 is 2.20. The molecule has 1 aliphatic heterocycles. The molecule has 0 saturated carbocycles. The number of benzene rings is 1. The molecule has 0 aromatic heterocycles. The molecular formula is C16H26ClN3OS. The van der Waals surface area contributed by atoms with Crippen LogP contribution < -0.4 is 9.62 Å². The first-order valence-electron chi connectivity index (χ1n) is 7.69. The molecule has 1 aromatic rings. The molecule has 1 N–H and O–H groups in total. The highest BCUT2D eigenvalue weighted by atomic mass is 35.5. The predicted octanol–water partition coefficient (Wildman–Crippen LogP) is 3.78. The second-order valence-electron chi connectivity index (χ2n) is 5.38. The second-order valence-corrected chi connectivity index (χ2v) is 6.81. The zero-order chi connectivity index (χ0) is 15.1. The number of para-hydroxylation sites is 1. The van der Waals surface area contributed by atoms with Gasteiger partial charge in [-0.3, -0.25) is 0 Å². The van der Waals surface area contributed by atoms with Gasteiger partial charge in [0.2, 0.25) is 0 Å². The van der Waals surface area contributed by atoms with Crippen LogP contribution in [0.3, 0.4) is 0 Å². The lowest BCUT2D eigenvalue weighted by Gasteiger charge is -2.22. The Morgan fingerprint density at radius 1 is 1.41 bits per heavy atom. The van der Waals surface area contributed by atoms with E-state index in [2.05, 4.69) is 47.9 Å². The van der Waals surface area contributed by atoms with Gasteiger partial charge in [-0.15, -0.1) is 12.4 Å². The first-order valence-corrected chi connectivity index (χ1v) is 8.52. The number of rotatable bonds is 6. The molecule has 1 saturated heterocycles. The van der Waals surface area contributed by atoms with Crippen LogP contribution in [0.4, 0.5) is 10.5 Å². The SMILES string of the molecule is CCCCNC(=O)N1CCC(SN(C)c2ccccc2)C1.Cl. The van der Waals surface area contributed by atoms with E-state index < -0.39 is 0 Å². The maximum Gasteiger partial charge on any atom is 0.317 e. The van der Waals surface area contributed by atoms with Crippen LogP contribution in [0.15, 0.2) is 30.3 Å². The van der Waals surface area contributed by atoms with E-state index in [0.29, 0.717) is 5.25 Å². The quantitative estimate of drug-likeness (QED) is 0.630. The van der Waals surface area contributed by atoms with Crippen LogP contribution in [0.1, 0.15) is 26.2 Å². The van der Waals surface area contributed by atoms with Crippen LogP contribution in [0, 0.1) is 0 Å². The van der Waals surface area contributed by atoms with E-state index in [-0.39, 0.29) is 18.4 Å². The van der Waals surface area contributed by atoms with Gasteiger partial charge in [-0.05, 0) is 36.9 Å². The van der Waals surface area contributed by atoms with Crippen molar-refractivity contribution in [3.05, 3.63) is 30.3 Å². The van der Waals surface area contributed by atoms with Gasteiger partial charge in [0.05, 0.1) is 0 Å². The van der Waals surface area contributed by atoms with Crippen molar-refractivity contribution in [2.75, 3.05) is 31.0 Å². The minimum absolute atomic E-state index is 0. The van der Waals surface area contributed by atoms with E-state index >= 15 is 0 Å². The zero-order valence-corrected chi connectivity index (χ0v) is 15.0. The fraction of sp³-hybridized carbons (Fsp3) is 0.562. The molecule has 0 aliphatic carbocycles. The highest BCUT2D eigenvalue weighted by molar-refractivity contribution is 8.01. The summed E-state index contributed by atoms with van der Waals surface area (Å²) in [4.78, 5) is 14.0. The van der Waals surface area contributed by atoms with Gasteiger partial charge in [0, 0.05) is 37.6 Å². The molecule has 1 aliphatic rings. The summed E-state index contributed by atoms with van der Waals surface area (Å²) >= 11 is 1.82. The van der Waals surface area contributed by atoms with Crippen LogP contribution in [0.25, 0.3) is 0 Å². The molecule has 4 nitrogen and oxygen atoms in total. The smallest absolute Gasteiger partial charge is 0.317 e. The summed E-state index contributed by atoms with van der Waals surface area (Å²) in [5.74, 6) is 0. The molecule has 0 bridgehead atoms. The number of nitrogens with one attached hydrogen (secondary N) is 1. The van der Waals surface area contributed by atoms with Gasteiger partial charge in [-0.25, -0.2) is 4.79 Å². The third-order valence-corrected chi connectivity index (χ3v) is 4.88. The number of hydrogen-bond acceptors (Lipinski definition) is 3. The summed E-state index contributed by atoms with van der Waals surface area (Å²) in [7, 11) is 2.09. The monoisotopic (exact) mass is 343 g/mol. The number of likely N-dealkylation sites (tertiary alicyclic amines) is 1. The Labute approximate surface area is 144 Å². The summed E-state index contributed by atoms with van der Waals surface area (Å²) in [5.41, 5.74) is 1.20. The van der Waals surface area contributed by atoms with Gasteiger partial charge in [0.1, 0.15) is 0 Å². The Balaban J connectivity index is 0.00000242. The van der Waals surface area contributed by atoms with E-state index in [0.717, 1.165) is 38.9 Å². The van der Waals surface area contributed by atoms with E-state index in [1.54, 1.807) is 0 Å². The minimum atomic E-state index is 0. The number of halogens is 1. The van der Waals surface area contributed by atoms with Crippen molar-refractivity contribution in [3.63, 3.8) is 0 Å². The molecule has 1 atom stereocenters. The number of unbranched alkanes of at least 4 members (excludes halogenated alkanes) is 1.